The molecule has 0 aliphatic carbocycles. The molecular weight excluding hydrogens is 499 g/mol. The molecule has 0 fully saturated rings. The number of ether oxygens (including phenoxy) is 1. The summed E-state index contributed by atoms with van der Waals surface area (Å²) in [5.41, 5.74) is 0.544. The van der Waals surface area contributed by atoms with Crippen molar-refractivity contribution in [3.63, 3.8) is 0 Å². The predicted octanol–water partition coefficient (Wildman–Crippen LogP) is 7.58. The van der Waals surface area contributed by atoms with E-state index in [1.54, 1.807) is 30.3 Å². The number of hydrogen-bond donors (Lipinski definition) is 1. The highest BCUT2D eigenvalue weighted by atomic mass is 32.2. The average Bonchev–Trinajstić information content (AvgIpc) is 2.85. The topological polar surface area (TPSA) is 99.1 Å². The molecular formula is C27H49O7PS. The molecule has 7 nitrogen and oxygen atoms in total. The smallest absolute Gasteiger partial charge is 0.355 e. The molecule has 0 aromatic heterocycles. The van der Waals surface area contributed by atoms with Gasteiger partial charge in [0.25, 0.3) is 10.1 Å². The van der Waals surface area contributed by atoms with Gasteiger partial charge in [-0.15, -0.1) is 0 Å². The second-order valence-corrected chi connectivity index (χ2v) is 12.9. The van der Waals surface area contributed by atoms with E-state index in [9.17, 15) is 17.9 Å². The Morgan fingerprint density at radius 3 is 1.78 bits per heavy atom. The van der Waals surface area contributed by atoms with E-state index in [0.717, 1.165) is 12.8 Å². The van der Waals surface area contributed by atoms with Crippen molar-refractivity contribution in [2.45, 2.75) is 109 Å². The highest BCUT2D eigenvalue weighted by Crippen LogP contribution is 2.42. The fraction of sp³-hybridized carbons (Fsp3) is 0.778. The first-order chi connectivity index (χ1) is 17.3. The van der Waals surface area contributed by atoms with Gasteiger partial charge in [-0.2, -0.15) is 8.42 Å². The van der Waals surface area contributed by atoms with E-state index in [1.165, 1.54) is 77.0 Å². The van der Waals surface area contributed by atoms with Crippen molar-refractivity contribution in [2.75, 3.05) is 26.2 Å². The maximum atomic E-state index is 12.0. The van der Waals surface area contributed by atoms with Crippen LogP contribution < -0.4 is 0 Å². The van der Waals surface area contributed by atoms with E-state index in [1.807, 2.05) is 0 Å². The lowest BCUT2D eigenvalue weighted by atomic mass is 10.0. The minimum absolute atomic E-state index is 0.00854. The van der Waals surface area contributed by atoms with Crippen molar-refractivity contribution >= 4 is 17.7 Å². The van der Waals surface area contributed by atoms with E-state index < -0.39 is 24.1 Å². The summed E-state index contributed by atoms with van der Waals surface area (Å²) < 4.78 is 51.1. The maximum absolute atomic E-state index is 12.0. The lowest BCUT2D eigenvalue weighted by Crippen LogP contribution is -2.11. The van der Waals surface area contributed by atoms with Gasteiger partial charge in [-0.25, -0.2) is 0 Å². The summed E-state index contributed by atoms with van der Waals surface area (Å²) >= 11 is 0. The summed E-state index contributed by atoms with van der Waals surface area (Å²) in [6, 6.07) is 8.50. The minimum Gasteiger partial charge on any atom is -0.381 e. The first-order valence-electron chi connectivity index (χ1n) is 13.8. The van der Waals surface area contributed by atoms with Gasteiger partial charge >= 0.3 is 7.60 Å². The molecule has 0 saturated heterocycles. The molecule has 1 aromatic carbocycles. The molecule has 0 heterocycles. The van der Waals surface area contributed by atoms with Crippen LogP contribution in [0.25, 0.3) is 0 Å². The highest BCUT2D eigenvalue weighted by Gasteiger charge is 2.24. The van der Waals surface area contributed by atoms with E-state index in [-0.39, 0.29) is 12.4 Å². The Balaban J connectivity index is 1.89. The molecule has 1 atom stereocenters. The van der Waals surface area contributed by atoms with Gasteiger partial charge in [0.2, 0.25) is 0 Å². The minimum atomic E-state index is -4.14. The van der Waals surface area contributed by atoms with Gasteiger partial charge in [-0.05, 0) is 18.4 Å². The number of hydrogen-bond acceptors (Lipinski definition) is 6. The van der Waals surface area contributed by atoms with Crippen molar-refractivity contribution < 1.29 is 31.3 Å². The van der Waals surface area contributed by atoms with Crippen LogP contribution >= 0.6 is 7.60 Å². The standard InChI is InChI=1S/C27H49O7PS/c1-2-3-4-5-6-7-8-9-10-11-12-13-14-18-22-32-23-19-24-33-35(28,29)26-34-36(30,31)25-27-20-16-15-17-21-27/h15-17,20-21H,2-14,18-19,22-26H2,1H3,(H,28,29). The second-order valence-electron chi connectivity index (χ2n) is 9.47. The van der Waals surface area contributed by atoms with Crippen LogP contribution in [0.1, 0.15) is 109 Å². The van der Waals surface area contributed by atoms with Crippen LogP contribution in [0.4, 0.5) is 0 Å². The molecule has 1 unspecified atom stereocenters. The summed E-state index contributed by atoms with van der Waals surface area (Å²) in [6.45, 7) is 3.38. The number of unbranched alkanes of at least 4 members (excludes halogenated alkanes) is 13. The van der Waals surface area contributed by atoms with Gasteiger partial charge in [0.1, 0.15) is 5.75 Å². The van der Waals surface area contributed by atoms with Crippen molar-refractivity contribution in [1.29, 1.82) is 0 Å². The molecule has 210 valence electrons. The van der Waals surface area contributed by atoms with Crippen LogP contribution in [0.3, 0.4) is 0 Å². The quantitative estimate of drug-likeness (QED) is 0.0764. The molecule has 0 spiro atoms. The first-order valence-corrected chi connectivity index (χ1v) is 17.1. The Bertz CT molecular complexity index is 787. The van der Waals surface area contributed by atoms with E-state index in [2.05, 4.69) is 6.92 Å². The van der Waals surface area contributed by atoms with E-state index in [4.69, 9.17) is 13.4 Å². The maximum Gasteiger partial charge on any atom is 0.355 e. The fourth-order valence-electron chi connectivity index (χ4n) is 3.87. The Labute approximate surface area is 220 Å². The molecule has 0 radical (unpaired) electrons. The van der Waals surface area contributed by atoms with Crippen molar-refractivity contribution in [1.82, 2.24) is 0 Å². The van der Waals surface area contributed by atoms with E-state index >= 15 is 0 Å². The molecule has 0 aliphatic rings. The third-order valence-corrected chi connectivity index (χ3v) is 8.33. The van der Waals surface area contributed by atoms with Gasteiger partial charge in [-0.1, -0.05) is 121 Å². The van der Waals surface area contributed by atoms with Crippen LogP contribution in [0.15, 0.2) is 30.3 Å². The molecule has 0 bridgehead atoms. The van der Waals surface area contributed by atoms with Crippen LogP contribution in [0.5, 0.6) is 0 Å². The zero-order valence-corrected chi connectivity index (χ0v) is 24.0. The lowest BCUT2D eigenvalue weighted by molar-refractivity contribution is 0.112. The molecule has 36 heavy (non-hydrogen) atoms. The van der Waals surface area contributed by atoms with Gasteiger partial charge < -0.3 is 14.2 Å². The summed E-state index contributed by atoms with van der Waals surface area (Å²) in [5, 5.41) is 0. The van der Waals surface area contributed by atoms with Gasteiger partial charge in [0.15, 0.2) is 6.35 Å². The van der Waals surface area contributed by atoms with Crippen molar-refractivity contribution in [2.24, 2.45) is 0 Å². The number of rotatable bonds is 25. The summed E-state index contributed by atoms with van der Waals surface area (Å²) in [6.07, 6.45) is 18.0. The Morgan fingerprint density at radius 1 is 0.722 bits per heavy atom. The Kier molecular flexibility index (Phi) is 19.6. The van der Waals surface area contributed by atoms with Crippen LogP contribution in [-0.2, 0) is 33.9 Å². The van der Waals surface area contributed by atoms with Gasteiger partial charge in [0.05, 0.1) is 6.61 Å². The summed E-state index contributed by atoms with van der Waals surface area (Å²) in [5.74, 6) is -0.360. The second kappa shape index (κ2) is 21.2. The third-order valence-electron chi connectivity index (χ3n) is 5.95. The first kappa shape index (κ1) is 33.3. The van der Waals surface area contributed by atoms with E-state index in [0.29, 0.717) is 25.2 Å². The molecule has 1 rings (SSSR count). The van der Waals surface area contributed by atoms with Crippen molar-refractivity contribution in [3.8, 4) is 0 Å². The Morgan fingerprint density at radius 2 is 1.22 bits per heavy atom. The normalized spacial score (nSPS) is 13.6. The van der Waals surface area contributed by atoms with Crippen LogP contribution in [0, 0.1) is 0 Å². The summed E-state index contributed by atoms with van der Waals surface area (Å²) in [4.78, 5) is 9.79. The summed E-state index contributed by atoms with van der Waals surface area (Å²) in [7, 11) is -8.11. The highest BCUT2D eigenvalue weighted by molar-refractivity contribution is 7.86. The zero-order valence-electron chi connectivity index (χ0n) is 22.3. The molecule has 1 N–H and O–H groups in total. The molecule has 1 aromatic rings. The lowest BCUT2D eigenvalue weighted by Gasteiger charge is -2.12. The van der Waals surface area contributed by atoms with Gasteiger partial charge in [0, 0.05) is 13.2 Å². The third kappa shape index (κ3) is 20.3. The van der Waals surface area contributed by atoms with Gasteiger partial charge in [-0.3, -0.25) is 8.75 Å². The fourth-order valence-corrected chi connectivity index (χ4v) is 6.22. The molecule has 0 amide bonds. The van der Waals surface area contributed by atoms with Crippen molar-refractivity contribution in [3.05, 3.63) is 35.9 Å². The number of benzene rings is 1. The van der Waals surface area contributed by atoms with Crippen LogP contribution in [-0.4, -0.2) is 39.5 Å². The average molecular weight is 549 g/mol. The molecule has 9 heteroatoms. The molecule has 0 saturated carbocycles. The monoisotopic (exact) mass is 548 g/mol. The predicted molar refractivity (Wildman–Crippen MR) is 147 cm³/mol. The Hall–Kier alpha value is -0.760. The SMILES string of the molecule is CCCCCCCCCCCCCCCCOCCCOP(=O)(O)COS(=O)(=O)Cc1ccccc1. The molecule has 0 aliphatic heterocycles. The largest absolute Gasteiger partial charge is 0.381 e. The van der Waals surface area contributed by atoms with Crippen LogP contribution in [0.2, 0.25) is 0 Å². The zero-order chi connectivity index (χ0) is 26.4.